The number of nitrogens with one attached hydrogen (secondary N) is 2. The smallest absolute Gasteiger partial charge is 0.273 e. The molecule has 0 aliphatic carbocycles. The van der Waals surface area contributed by atoms with Crippen molar-refractivity contribution in [2.24, 2.45) is 0 Å². The first-order valence-corrected chi connectivity index (χ1v) is 6.71. The second-order valence-electron chi connectivity index (χ2n) is 4.27. The molecule has 1 amide bonds. The van der Waals surface area contributed by atoms with Gasteiger partial charge in [0.15, 0.2) is 5.11 Å². The number of benzene rings is 1. The maximum absolute atomic E-state index is 12.0. The van der Waals surface area contributed by atoms with Crippen LogP contribution in [0.3, 0.4) is 0 Å². The van der Waals surface area contributed by atoms with E-state index in [1.54, 1.807) is 6.92 Å². The van der Waals surface area contributed by atoms with Crippen molar-refractivity contribution < 1.29 is 9.72 Å². The number of nitro groups is 1. The van der Waals surface area contributed by atoms with Gasteiger partial charge in [0.1, 0.15) is 0 Å². The van der Waals surface area contributed by atoms with Crippen LogP contribution in [0.5, 0.6) is 0 Å². The summed E-state index contributed by atoms with van der Waals surface area (Å²) in [7, 11) is 0. The quantitative estimate of drug-likeness (QED) is 0.377. The lowest BCUT2D eigenvalue weighted by atomic mass is 10.1. The zero-order chi connectivity index (χ0) is 15.1. The van der Waals surface area contributed by atoms with Crippen LogP contribution in [0.15, 0.2) is 18.2 Å². The third-order valence-electron chi connectivity index (χ3n) is 2.79. The number of carbonyl (C=O) groups excluding carboxylic acids is 1. The van der Waals surface area contributed by atoms with E-state index in [9.17, 15) is 14.9 Å². The van der Waals surface area contributed by atoms with Crippen LogP contribution in [0, 0.1) is 17.0 Å². The van der Waals surface area contributed by atoms with Gasteiger partial charge >= 0.3 is 0 Å². The Bertz CT molecular complexity index is 532. The zero-order valence-electron chi connectivity index (χ0n) is 11.4. The van der Waals surface area contributed by atoms with E-state index in [-0.39, 0.29) is 16.4 Å². The molecule has 0 aliphatic rings. The number of rotatable bonds is 5. The summed E-state index contributed by atoms with van der Waals surface area (Å²) in [5.74, 6) is -0.444. The normalized spacial score (nSPS) is 9.90. The Morgan fingerprint density at radius 1 is 1.45 bits per heavy atom. The molecule has 7 heteroatoms. The van der Waals surface area contributed by atoms with Crippen molar-refractivity contribution in [2.45, 2.75) is 26.7 Å². The number of hydrogen-bond donors (Lipinski definition) is 2. The van der Waals surface area contributed by atoms with Gasteiger partial charge in [-0.3, -0.25) is 20.2 Å². The van der Waals surface area contributed by atoms with Gasteiger partial charge in [0, 0.05) is 23.7 Å². The van der Waals surface area contributed by atoms with Crippen molar-refractivity contribution in [3.8, 4) is 0 Å². The highest BCUT2D eigenvalue weighted by molar-refractivity contribution is 7.80. The third-order valence-corrected chi connectivity index (χ3v) is 3.04. The van der Waals surface area contributed by atoms with Crippen molar-refractivity contribution in [1.29, 1.82) is 0 Å². The second-order valence-corrected chi connectivity index (χ2v) is 4.68. The van der Waals surface area contributed by atoms with Gasteiger partial charge < -0.3 is 5.32 Å². The number of nitro benzene ring substituents is 1. The minimum Gasteiger partial charge on any atom is -0.362 e. The summed E-state index contributed by atoms with van der Waals surface area (Å²) in [6.45, 7) is 4.28. The highest BCUT2D eigenvalue weighted by Crippen LogP contribution is 2.20. The molecule has 1 aromatic rings. The van der Waals surface area contributed by atoms with Crippen LogP contribution in [-0.4, -0.2) is 22.5 Å². The molecular weight excluding hydrogens is 278 g/mol. The summed E-state index contributed by atoms with van der Waals surface area (Å²) in [5, 5.41) is 16.5. The van der Waals surface area contributed by atoms with Crippen molar-refractivity contribution >= 4 is 28.9 Å². The first-order chi connectivity index (χ1) is 9.47. The molecule has 0 fully saturated rings. The molecule has 0 saturated heterocycles. The Labute approximate surface area is 122 Å². The van der Waals surface area contributed by atoms with Gasteiger partial charge in [0.05, 0.1) is 4.92 Å². The van der Waals surface area contributed by atoms with Crippen molar-refractivity contribution in [3.05, 3.63) is 39.4 Å². The minimum absolute atomic E-state index is 0.0810. The fraction of sp³-hybridized carbons (Fsp3) is 0.385. The number of hydrogen-bond acceptors (Lipinski definition) is 4. The highest BCUT2D eigenvalue weighted by atomic mass is 32.1. The van der Waals surface area contributed by atoms with E-state index < -0.39 is 10.8 Å². The van der Waals surface area contributed by atoms with Crippen molar-refractivity contribution in [1.82, 2.24) is 10.6 Å². The molecule has 0 aliphatic heterocycles. The molecule has 108 valence electrons. The largest absolute Gasteiger partial charge is 0.362 e. The zero-order valence-corrected chi connectivity index (χ0v) is 12.3. The maximum Gasteiger partial charge on any atom is 0.273 e. The second kappa shape index (κ2) is 7.54. The molecule has 0 unspecified atom stereocenters. The van der Waals surface area contributed by atoms with Crippen LogP contribution < -0.4 is 10.6 Å². The topological polar surface area (TPSA) is 84.3 Å². The number of nitrogens with zero attached hydrogens (tertiary/aromatic N) is 1. The Morgan fingerprint density at radius 3 is 2.75 bits per heavy atom. The molecular formula is C13H17N3O3S. The summed E-state index contributed by atoms with van der Waals surface area (Å²) in [5.41, 5.74) is 0.493. The van der Waals surface area contributed by atoms with Gasteiger partial charge in [-0.05, 0) is 31.6 Å². The average molecular weight is 295 g/mol. The fourth-order valence-corrected chi connectivity index (χ4v) is 1.86. The first kappa shape index (κ1) is 16.0. The SMILES string of the molecule is CCCCNC(=S)NC(=O)c1cccc([N+](=O)[O-])c1C. The van der Waals surface area contributed by atoms with Crippen LogP contribution >= 0.6 is 12.2 Å². The number of amides is 1. The molecule has 1 rings (SSSR count). The molecule has 0 atom stereocenters. The monoisotopic (exact) mass is 295 g/mol. The van der Waals surface area contributed by atoms with Gasteiger partial charge in [-0.2, -0.15) is 0 Å². The molecule has 2 N–H and O–H groups in total. The van der Waals surface area contributed by atoms with Crippen molar-refractivity contribution in [2.75, 3.05) is 6.54 Å². The Hall–Kier alpha value is -2.02. The van der Waals surface area contributed by atoms with Crippen LogP contribution in [-0.2, 0) is 0 Å². The van der Waals surface area contributed by atoms with Gasteiger partial charge in [0.25, 0.3) is 11.6 Å². The average Bonchev–Trinajstić information content (AvgIpc) is 2.38. The number of unbranched alkanes of at least 4 members (excludes halogenated alkanes) is 1. The maximum atomic E-state index is 12.0. The lowest BCUT2D eigenvalue weighted by Crippen LogP contribution is -2.39. The first-order valence-electron chi connectivity index (χ1n) is 6.30. The van der Waals surface area contributed by atoms with Crippen LogP contribution in [0.25, 0.3) is 0 Å². The lowest BCUT2D eigenvalue weighted by molar-refractivity contribution is -0.385. The molecule has 20 heavy (non-hydrogen) atoms. The van der Waals surface area contributed by atoms with Crippen LogP contribution in [0.4, 0.5) is 5.69 Å². The third kappa shape index (κ3) is 4.27. The van der Waals surface area contributed by atoms with Gasteiger partial charge in [-0.15, -0.1) is 0 Å². The Balaban J connectivity index is 2.75. The van der Waals surface area contributed by atoms with Gasteiger partial charge in [0.2, 0.25) is 0 Å². The Morgan fingerprint density at radius 2 is 2.15 bits per heavy atom. The van der Waals surface area contributed by atoms with Crippen LogP contribution in [0.2, 0.25) is 0 Å². The molecule has 0 bridgehead atoms. The molecule has 1 aromatic carbocycles. The molecule has 0 spiro atoms. The van der Waals surface area contributed by atoms with Crippen LogP contribution in [0.1, 0.15) is 35.7 Å². The summed E-state index contributed by atoms with van der Waals surface area (Å²) in [6, 6.07) is 4.38. The van der Waals surface area contributed by atoms with E-state index in [0.29, 0.717) is 12.1 Å². The summed E-state index contributed by atoms with van der Waals surface area (Å²) >= 11 is 4.99. The summed E-state index contributed by atoms with van der Waals surface area (Å²) < 4.78 is 0. The minimum atomic E-state index is -0.510. The molecule has 0 radical (unpaired) electrons. The lowest BCUT2D eigenvalue weighted by Gasteiger charge is -2.10. The van der Waals surface area contributed by atoms with Gasteiger partial charge in [-0.1, -0.05) is 19.4 Å². The van der Waals surface area contributed by atoms with E-state index in [0.717, 1.165) is 12.8 Å². The number of thiocarbonyl (C=S) groups is 1. The van der Waals surface area contributed by atoms with E-state index in [1.807, 2.05) is 0 Å². The molecule has 0 aromatic heterocycles. The molecule has 0 heterocycles. The van der Waals surface area contributed by atoms with E-state index >= 15 is 0 Å². The van der Waals surface area contributed by atoms with E-state index in [4.69, 9.17) is 12.2 Å². The summed E-state index contributed by atoms with van der Waals surface area (Å²) in [4.78, 5) is 22.3. The molecule has 0 saturated carbocycles. The predicted octanol–water partition coefficient (Wildman–Crippen LogP) is 2.31. The van der Waals surface area contributed by atoms with E-state index in [1.165, 1.54) is 18.2 Å². The Kier molecular flexibility index (Phi) is 6.05. The standard InChI is InChI=1S/C13H17N3O3S/c1-3-4-8-14-13(20)15-12(17)10-6-5-7-11(9(10)2)16(18)19/h5-7H,3-4,8H2,1-2H3,(H2,14,15,17,20). The highest BCUT2D eigenvalue weighted by Gasteiger charge is 2.18. The van der Waals surface area contributed by atoms with E-state index in [2.05, 4.69) is 17.6 Å². The van der Waals surface area contributed by atoms with Gasteiger partial charge in [-0.25, -0.2) is 0 Å². The fourth-order valence-electron chi connectivity index (χ4n) is 1.66. The molecule has 6 nitrogen and oxygen atoms in total. The number of carbonyl (C=O) groups is 1. The predicted molar refractivity (Wildman–Crippen MR) is 80.8 cm³/mol. The van der Waals surface area contributed by atoms with Crippen molar-refractivity contribution in [3.63, 3.8) is 0 Å². The summed E-state index contributed by atoms with van der Waals surface area (Å²) in [6.07, 6.45) is 1.97.